The van der Waals surface area contributed by atoms with Crippen molar-refractivity contribution in [3.05, 3.63) is 90.0 Å². The van der Waals surface area contributed by atoms with Crippen molar-refractivity contribution in [1.29, 1.82) is 0 Å². The number of para-hydroxylation sites is 1. The monoisotopic (exact) mass is 438 g/mol. The lowest BCUT2D eigenvalue weighted by Gasteiger charge is -2.20. The molecular weight excluding hydrogens is 416 g/mol. The number of rotatable bonds is 7. The van der Waals surface area contributed by atoms with Gasteiger partial charge in [-0.3, -0.25) is 9.10 Å². The van der Waals surface area contributed by atoms with E-state index in [1.807, 2.05) is 19.1 Å². The first kappa shape index (κ1) is 22.0. The summed E-state index contributed by atoms with van der Waals surface area (Å²) < 4.78 is 32.4. The Morgan fingerprint density at radius 3 is 2.19 bits per heavy atom. The van der Waals surface area contributed by atoms with E-state index < -0.39 is 28.5 Å². The number of ether oxygens (including phenoxy) is 1. The molecule has 3 rings (SSSR count). The van der Waals surface area contributed by atoms with Gasteiger partial charge in [0.15, 0.2) is 6.61 Å². The third-order valence-corrected chi connectivity index (χ3v) is 6.38. The van der Waals surface area contributed by atoms with Crippen LogP contribution in [0.5, 0.6) is 0 Å². The molecule has 0 saturated heterocycles. The highest BCUT2D eigenvalue weighted by atomic mass is 32.2. The lowest BCUT2D eigenvalue weighted by atomic mass is 10.2. The van der Waals surface area contributed by atoms with Gasteiger partial charge in [-0.25, -0.2) is 13.2 Å². The van der Waals surface area contributed by atoms with Gasteiger partial charge >= 0.3 is 5.97 Å². The molecule has 0 heterocycles. The van der Waals surface area contributed by atoms with Crippen LogP contribution in [0.4, 0.5) is 11.4 Å². The third-order valence-electron chi connectivity index (χ3n) is 4.53. The molecule has 0 radical (unpaired) electrons. The average Bonchev–Trinajstić information content (AvgIpc) is 2.79. The Morgan fingerprint density at radius 1 is 0.903 bits per heavy atom. The van der Waals surface area contributed by atoms with E-state index >= 15 is 0 Å². The minimum Gasteiger partial charge on any atom is -0.452 e. The molecule has 0 aromatic heterocycles. The fraction of sp³-hybridized carbons (Fsp3) is 0.130. The Balaban J connectivity index is 1.74. The average molecular weight is 439 g/mol. The molecule has 0 unspecified atom stereocenters. The fourth-order valence-electron chi connectivity index (χ4n) is 2.83. The van der Waals surface area contributed by atoms with Crippen molar-refractivity contribution in [2.45, 2.75) is 11.8 Å². The highest BCUT2D eigenvalue weighted by molar-refractivity contribution is 7.92. The summed E-state index contributed by atoms with van der Waals surface area (Å²) in [6.07, 6.45) is 0. The van der Waals surface area contributed by atoms with Gasteiger partial charge in [-0.05, 0) is 43.3 Å². The van der Waals surface area contributed by atoms with Crippen LogP contribution >= 0.6 is 0 Å². The van der Waals surface area contributed by atoms with Crippen LogP contribution in [0, 0.1) is 6.92 Å². The van der Waals surface area contributed by atoms with Gasteiger partial charge in [-0.2, -0.15) is 0 Å². The normalized spacial score (nSPS) is 10.9. The lowest BCUT2D eigenvalue weighted by molar-refractivity contribution is -0.119. The van der Waals surface area contributed by atoms with Crippen LogP contribution in [0.1, 0.15) is 15.9 Å². The standard InChI is InChI=1S/C23H22N2O5S/c1-17-12-14-18(15-13-17)24-22(26)16-30-23(27)20-10-6-7-11-21(20)31(28,29)25(2)19-8-4-3-5-9-19/h3-15H,16H2,1-2H3,(H,24,26). The molecular formula is C23H22N2O5S. The summed E-state index contributed by atoms with van der Waals surface area (Å²) in [6, 6.07) is 21.4. The second kappa shape index (κ2) is 9.44. The van der Waals surface area contributed by atoms with Gasteiger partial charge in [0.05, 0.1) is 11.3 Å². The number of esters is 1. The molecule has 0 aliphatic carbocycles. The third kappa shape index (κ3) is 5.29. The lowest BCUT2D eigenvalue weighted by Crippen LogP contribution is -2.28. The molecule has 0 aliphatic rings. The van der Waals surface area contributed by atoms with Gasteiger partial charge in [-0.15, -0.1) is 0 Å². The minimum absolute atomic E-state index is 0.145. The second-order valence-electron chi connectivity index (χ2n) is 6.79. The maximum Gasteiger partial charge on any atom is 0.340 e. The number of carbonyl (C=O) groups is 2. The number of hydrogen-bond donors (Lipinski definition) is 1. The van der Waals surface area contributed by atoms with Crippen LogP contribution in [0.2, 0.25) is 0 Å². The number of nitrogens with one attached hydrogen (secondary N) is 1. The molecule has 0 aliphatic heterocycles. The highest BCUT2D eigenvalue weighted by Crippen LogP contribution is 2.24. The van der Waals surface area contributed by atoms with E-state index in [4.69, 9.17) is 4.74 Å². The van der Waals surface area contributed by atoms with Crippen LogP contribution < -0.4 is 9.62 Å². The van der Waals surface area contributed by atoms with Crippen molar-refractivity contribution in [2.75, 3.05) is 23.3 Å². The number of anilines is 2. The highest BCUT2D eigenvalue weighted by Gasteiger charge is 2.27. The van der Waals surface area contributed by atoms with Gasteiger partial charge < -0.3 is 10.1 Å². The summed E-state index contributed by atoms with van der Waals surface area (Å²) >= 11 is 0. The molecule has 1 N–H and O–H groups in total. The van der Waals surface area contributed by atoms with Crippen LogP contribution in [0.3, 0.4) is 0 Å². The van der Waals surface area contributed by atoms with E-state index in [0.29, 0.717) is 11.4 Å². The van der Waals surface area contributed by atoms with Crippen molar-refractivity contribution in [2.24, 2.45) is 0 Å². The van der Waals surface area contributed by atoms with Crippen molar-refractivity contribution in [3.8, 4) is 0 Å². The summed E-state index contributed by atoms with van der Waals surface area (Å²) in [4.78, 5) is 24.5. The van der Waals surface area contributed by atoms with Crippen molar-refractivity contribution in [1.82, 2.24) is 0 Å². The number of amides is 1. The molecule has 0 atom stereocenters. The van der Waals surface area contributed by atoms with Crippen LogP contribution in [-0.4, -0.2) is 33.9 Å². The summed E-state index contributed by atoms with van der Waals surface area (Å²) in [7, 11) is -2.62. The topological polar surface area (TPSA) is 92.8 Å². The smallest absolute Gasteiger partial charge is 0.340 e. The number of nitrogens with zero attached hydrogens (tertiary/aromatic N) is 1. The summed E-state index contributed by atoms with van der Waals surface area (Å²) in [5.74, 6) is -1.43. The minimum atomic E-state index is -4.03. The molecule has 0 spiro atoms. The molecule has 3 aromatic carbocycles. The Labute approximate surface area is 181 Å². The van der Waals surface area contributed by atoms with Crippen molar-refractivity contribution >= 4 is 33.3 Å². The van der Waals surface area contributed by atoms with E-state index in [1.165, 1.54) is 31.3 Å². The molecule has 3 aromatic rings. The van der Waals surface area contributed by atoms with Gasteiger partial charge in [0, 0.05) is 12.7 Å². The maximum absolute atomic E-state index is 13.1. The molecule has 0 fully saturated rings. The maximum atomic E-state index is 13.1. The molecule has 0 bridgehead atoms. The largest absolute Gasteiger partial charge is 0.452 e. The summed E-state index contributed by atoms with van der Waals surface area (Å²) in [5, 5.41) is 2.62. The van der Waals surface area contributed by atoms with Gasteiger partial charge in [0.25, 0.3) is 15.9 Å². The molecule has 31 heavy (non-hydrogen) atoms. The predicted octanol–water partition coefficient (Wildman–Crippen LogP) is 3.62. The quantitative estimate of drug-likeness (QED) is 0.569. The Morgan fingerprint density at radius 2 is 1.52 bits per heavy atom. The Bertz CT molecular complexity index is 1180. The number of hydrogen-bond acceptors (Lipinski definition) is 5. The molecule has 1 amide bonds. The zero-order chi connectivity index (χ0) is 22.4. The first-order valence-corrected chi connectivity index (χ1v) is 10.9. The van der Waals surface area contributed by atoms with Gasteiger partial charge in [-0.1, -0.05) is 48.0 Å². The van der Waals surface area contributed by atoms with Crippen LogP contribution in [0.15, 0.2) is 83.8 Å². The van der Waals surface area contributed by atoms with E-state index in [0.717, 1.165) is 9.87 Å². The Hall–Kier alpha value is -3.65. The molecule has 160 valence electrons. The summed E-state index contributed by atoms with van der Waals surface area (Å²) in [6.45, 7) is 1.38. The number of sulfonamides is 1. The molecule has 7 nitrogen and oxygen atoms in total. The molecule has 0 saturated carbocycles. The second-order valence-corrected chi connectivity index (χ2v) is 8.73. The van der Waals surface area contributed by atoms with Gasteiger partial charge in [0.1, 0.15) is 4.90 Å². The van der Waals surface area contributed by atoms with E-state index in [-0.39, 0.29) is 10.5 Å². The van der Waals surface area contributed by atoms with E-state index in [1.54, 1.807) is 42.5 Å². The van der Waals surface area contributed by atoms with E-state index in [9.17, 15) is 18.0 Å². The Kier molecular flexibility index (Phi) is 6.71. The SMILES string of the molecule is Cc1ccc(NC(=O)COC(=O)c2ccccc2S(=O)(=O)N(C)c2ccccc2)cc1. The van der Waals surface area contributed by atoms with Crippen LogP contribution in [0.25, 0.3) is 0 Å². The number of benzene rings is 3. The van der Waals surface area contributed by atoms with Gasteiger partial charge in [0.2, 0.25) is 0 Å². The first-order chi connectivity index (χ1) is 14.8. The molecule has 8 heteroatoms. The first-order valence-electron chi connectivity index (χ1n) is 9.45. The number of carbonyl (C=O) groups excluding carboxylic acids is 2. The van der Waals surface area contributed by atoms with E-state index in [2.05, 4.69) is 5.32 Å². The zero-order valence-electron chi connectivity index (χ0n) is 17.1. The summed E-state index contributed by atoms with van der Waals surface area (Å²) in [5.41, 5.74) is 1.92. The van der Waals surface area contributed by atoms with Crippen LogP contribution in [-0.2, 0) is 19.6 Å². The zero-order valence-corrected chi connectivity index (χ0v) is 17.9. The predicted molar refractivity (Wildman–Crippen MR) is 119 cm³/mol. The fourth-order valence-corrected chi connectivity index (χ4v) is 4.20. The number of aryl methyl sites for hydroxylation is 1. The van der Waals surface area contributed by atoms with Crippen molar-refractivity contribution < 1.29 is 22.7 Å². The van der Waals surface area contributed by atoms with Crippen molar-refractivity contribution in [3.63, 3.8) is 0 Å².